The minimum Gasteiger partial charge on any atom is -0.356 e. The average Bonchev–Trinajstić information content (AvgIpc) is 3.08. The van der Waals surface area contributed by atoms with E-state index in [2.05, 4.69) is 11.4 Å². The molecule has 0 aromatic rings. The van der Waals surface area contributed by atoms with Gasteiger partial charge in [-0.15, -0.1) is 0 Å². The van der Waals surface area contributed by atoms with Crippen LogP contribution in [0.1, 0.15) is 44.9 Å². The molecule has 108 valence electrons. The van der Waals surface area contributed by atoms with E-state index < -0.39 is 5.41 Å². The summed E-state index contributed by atoms with van der Waals surface area (Å²) in [5, 5.41) is 12.3. The van der Waals surface area contributed by atoms with Gasteiger partial charge in [-0.05, 0) is 31.1 Å². The number of nitriles is 1. The molecule has 3 rings (SSSR count). The molecule has 1 N–H and O–H groups in total. The first-order valence-corrected chi connectivity index (χ1v) is 7.57. The third-order valence-electron chi connectivity index (χ3n) is 5.39. The lowest BCUT2D eigenvalue weighted by atomic mass is 9.76. The standard InChI is InChI=1S/C15H21N3O2/c16-10-15(3-1-2-4-15)13(20)18-7-5-14(6-8-18)9-12(19)17-11-14/h1-9,11H2,(H,17,19). The lowest BCUT2D eigenvalue weighted by Crippen LogP contribution is -2.49. The van der Waals surface area contributed by atoms with Crippen molar-refractivity contribution < 1.29 is 9.59 Å². The van der Waals surface area contributed by atoms with Crippen molar-refractivity contribution in [2.24, 2.45) is 10.8 Å². The van der Waals surface area contributed by atoms with Crippen molar-refractivity contribution in [3.8, 4) is 6.07 Å². The average molecular weight is 275 g/mol. The number of rotatable bonds is 1. The highest BCUT2D eigenvalue weighted by atomic mass is 16.2. The molecule has 0 unspecified atom stereocenters. The molecule has 0 aromatic heterocycles. The van der Waals surface area contributed by atoms with Gasteiger partial charge in [0, 0.05) is 26.1 Å². The van der Waals surface area contributed by atoms with Gasteiger partial charge in [-0.1, -0.05) is 12.8 Å². The van der Waals surface area contributed by atoms with Gasteiger partial charge in [0.25, 0.3) is 0 Å². The van der Waals surface area contributed by atoms with Crippen LogP contribution in [0.4, 0.5) is 0 Å². The van der Waals surface area contributed by atoms with Gasteiger partial charge in [0.05, 0.1) is 6.07 Å². The molecule has 0 bridgehead atoms. The van der Waals surface area contributed by atoms with Gasteiger partial charge >= 0.3 is 0 Å². The maximum absolute atomic E-state index is 12.6. The first-order valence-electron chi connectivity index (χ1n) is 7.57. The SMILES string of the molecule is N#CC1(C(=O)N2CCC3(CC2)CNC(=O)C3)CCCC1. The number of hydrogen-bond acceptors (Lipinski definition) is 3. The van der Waals surface area contributed by atoms with Gasteiger partial charge in [-0.3, -0.25) is 9.59 Å². The summed E-state index contributed by atoms with van der Waals surface area (Å²) in [5.74, 6) is 0.165. The molecular formula is C15H21N3O2. The second-order valence-corrected chi connectivity index (χ2v) is 6.65. The van der Waals surface area contributed by atoms with Crippen LogP contribution in [0.3, 0.4) is 0 Å². The summed E-state index contributed by atoms with van der Waals surface area (Å²) >= 11 is 0. The van der Waals surface area contributed by atoms with Gasteiger partial charge in [0.15, 0.2) is 0 Å². The molecule has 0 atom stereocenters. The molecule has 2 aliphatic heterocycles. The second kappa shape index (κ2) is 4.76. The van der Waals surface area contributed by atoms with E-state index in [-0.39, 0.29) is 17.2 Å². The van der Waals surface area contributed by atoms with E-state index in [0.29, 0.717) is 32.4 Å². The summed E-state index contributed by atoms with van der Waals surface area (Å²) in [6, 6.07) is 2.28. The Hall–Kier alpha value is -1.57. The predicted molar refractivity (Wildman–Crippen MR) is 72.4 cm³/mol. The van der Waals surface area contributed by atoms with E-state index in [0.717, 1.165) is 32.2 Å². The third kappa shape index (κ3) is 2.07. The molecule has 5 nitrogen and oxygen atoms in total. The first kappa shape index (κ1) is 13.4. The molecule has 2 saturated heterocycles. The number of piperidine rings is 1. The Balaban J connectivity index is 1.65. The monoisotopic (exact) mass is 275 g/mol. The Morgan fingerprint density at radius 2 is 1.85 bits per heavy atom. The van der Waals surface area contributed by atoms with Crippen LogP contribution in [0.2, 0.25) is 0 Å². The molecule has 3 fully saturated rings. The van der Waals surface area contributed by atoms with Gasteiger partial charge in [0.2, 0.25) is 11.8 Å². The molecule has 20 heavy (non-hydrogen) atoms. The molecule has 2 amide bonds. The highest BCUT2D eigenvalue weighted by Gasteiger charge is 2.47. The lowest BCUT2D eigenvalue weighted by Gasteiger charge is -2.40. The van der Waals surface area contributed by atoms with Crippen molar-refractivity contribution >= 4 is 11.8 Å². The summed E-state index contributed by atoms with van der Waals surface area (Å²) < 4.78 is 0. The van der Waals surface area contributed by atoms with Gasteiger partial charge in [-0.25, -0.2) is 0 Å². The zero-order chi connectivity index (χ0) is 14.2. The number of carbonyl (C=O) groups is 2. The maximum atomic E-state index is 12.6. The smallest absolute Gasteiger partial charge is 0.243 e. The van der Waals surface area contributed by atoms with Crippen LogP contribution in [0.5, 0.6) is 0 Å². The fourth-order valence-corrected chi connectivity index (χ4v) is 3.94. The largest absolute Gasteiger partial charge is 0.356 e. The van der Waals surface area contributed by atoms with Crippen molar-refractivity contribution in [1.82, 2.24) is 10.2 Å². The lowest BCUT2D eigenvalue weighted by molar-refractivity contribution is -0.141. The van der Waals surface area contributed by atoms with Crippen LogP contribution in [0.25, 0.3) is 0 Å². The highest BCUT2D eigenvalue weighted by Crippen LogP contribution is 2.42. The first-order chi connectivity index (χ1) is 9.59. The minimum atomic E-state index is -0.756. The minimum absolute atomic E-state index is 0.0321. The number of nitrogens with one attached hydrogen (secondary N) is 1. The second-order valence-electron chi connectivity index (χ2n) is 6.65. The van der Waals surface area contributed by atoms with Crippen molar-refractivity contribution in [2.75, 3.05) is 19.6 Å². The Bertz CT molecular complexity index is 466. The zero-order valence-electron chi connectivity index (χ0n) is 11.8. The Kier molecular flexibility index (Phi) is 3.19. The topological polar surface area (TPSA) is 73.2 Å². The summed E-state index contributed by atoms with van der Waals surface area (Å²) in [4.78, 5) is 25.9. The number of likely N-dealkylation sites (tertiary alicyclic amines) is 1. The van der Waals surface area contributed by atoms with Crippen LogP contribution in [-0.2, 0) is 9.59 Å². The maximum Gasteiger partial charge on any atom is 0.243 e. The van der Waals surface area contributed by atoms with Gasteiger partial charge in [0.1, 0.15) is 5.41 Å². The van der Waals surface area contributed by atoms with E-state index in [4.69, 9.17) is 0 Å². The quantitative estimate of drug-likeness (QED) is 0.781. The Morgan fingerprint density at radius 1 is 1.20 bits per heavy atom. The zero-order valence-corrected chi connectivity index (χ0v) is 11.8. The number of nitrogens with zero attached hydrogens (tertiary/aromatic N) is 2. The highest BCUT2D eigenvalue weighted by molar-refractivity contribution is 5.86. The van der Waals surface area contributed by atoms with Gasteiger partial charge in [-0.2, -0.15) is 5.26 Å². The van der Waals surface area contributed by atoms with Crippen LogP contribution in [-0.4, -0.2) is 36.3 Å². The predicted octanol–water partition coefficient (Wildman–Crippen LogP) is 1.20. The summed E-state index contributed by atoms with van der Waals surface area (Å²) in [6.45, 7) is 2.13. The van der Waals surface area contributed by atoms with E-state index in [1.54, 1.807) is 0 Å². The van der Waals surface area contributed by atoms with Crippen LogP contribution in [0, 0.1) is 22.2 Å². The van der Waals surface area contributed by atoms with Crippen LogP contribution < -0.4 is 5.32 Å². The number of carbonyl (C=O) groups excluding carboxylic acids is 2. The normalized spacial score (nSPS) is 27.4. The molecule has 1 saturated carbocycles. The third-order valence-corrected chi connectivity index (χ3v) is 5.39. The summed E-state index contributed by atoms with van der Waals surface area (Å²) in [5.41, 5.74) is -0.697. The van der Waals surface area contributed by atoms with Crippen molar-refractivity contribution in [3.05, 3.63) is 0 Å². The van der Waals surface area contributed by atoms with Crippen molar-refractivity contribution in [1.29, 1.82) is 5.26 Å². The number of amides is 2. The molecule has 0 radical (unpaired) electrons. The Labute approximate surface area is 119 Å². The summed E-state index contributed by atoms with van der Waals surface area (Å²) in [7, 11) is 0. The molecule has 3 aliphatic rings. The number of hydrogen-bond donors (Lipinski definition) is 1. The molecule has 1 aliphatic carbocycles. The fourth-order valence-electron chi connectivity index (χ4n) is 3.94. The molecule has 5 heteroatoms. The molecule has 2 heterocycles. The van der Waals surface area contributed by atoms with Crippen molar-refractivity contribution in [3.63, 3.8) is 0 Å². The Morgan fingerprint density at radius 3 is 2.35 bits per heavy atom. The van der Waals surface area contributed by atoms with E-state index in [1.165, 1.54) is 0 Å². The molecular weight excluding hydrogens is 254 g/mol. The van der Waals surface area contributed by atoms with Crippen molar-refractivity contribution in [2.45, 2.75) is 44.9 Å². The van der Waals surface area contributed by atoms with E-state index >= 15 is 0 Å². The summed E-state index contributed by atoms with van der Waals surface area (Å²) in [6.07, 6.45) is 5.73. The van der Waals surface area contributed by atoms with E-state index in [1.807, 2.05) is 4.90 Å². The van der Waals surface area contributed by atoms with Crippen LogP contribution in [0.15, 0.2) is 0 Å². The molecule has 1 spiro atoms. The van der Waals surface area contributed by atoms with E-state index in [9.17, 15) is 14.9 Å². The fraction of sp³-hybridized carbons (Fsp3) is 0.800. The van der Waals surface area contributed by atoms with Crippen LogP contribution >= 0.6 is 0 Å². The van der Waals surface area contributed by atoms with Gasteiger partial charge < -0.3 is 10.2 Å². The molecule has 0 aromatic carbocycles.